The van der Waals surface area contributed by atoms with Gasteiger partial charge >= 0.3 is 0 Å². The highest BCUT2D eigenvalue weighted by atomic mass is 16.5. The fourth-order valence-electron chi connectivity index (χ4n) is 2.61. The molecule has 1 saturated carbocycles. The van der Waals surface area contributed by atoms with Gasteiger partial charge in [-0.2, -0.15) is 0 Å². The predicted molar refractivity (Wildman–Crippen MR) is 63.2 cm³/mol. The molecule has 4 nitrogen and oxygen atoms in total. The molecule has 2 aliphatic rings. The maximum Gasteiger partial charge on any atom is 0.0933 e. The van der Waals surface area contributed by atoms with Crippen molar-refractivity contribution in [3.63, 3.8) is 0 Å². The first-order valence-electron chi connectivity index (χ1n) is 6.36. The Morgan fingerprint density at radius 1 is 1.50 bits per heavy atom. The van der Waals surface area contributed by atoms with E-state index in [1.807, 2.05) is 0 Å². The molecule has 94 valence electrons. The lowest BCUT2D eigenvalue weighted by atomic mass is 10.00. The van der Waals surface area contributed by atoms with Crippen LogP contribution in [0.2, 0.25) is 0 Å². The summed E-state index contributed by atoms with van der Waals surface area (Å²) in [5, 5.41) is 9.14. The molecule has 0 amide bonds. The molecule has 1 heterocycles. The molecule has 16 heavy (non-hydrogen) atoms. The fourth-order valence-corrected chi connectivity index (χ4v) is 2.61. The van der Waals surface area contributed by atoms with E-state index < -0.39 is 0 Å². The molecule has 0 aromatic rings. The molecule has 0 aromatic heterocycles. The predicted octanol–water partition coefficient (Wildman–Crippen LogP) is 0.197. The molecule has 0 bridgehead atoms. The Balaban J connectivity index is 1.87. The normalized spacial score (nSPS) is 33.9. The third-order valence-electron chi connectivity index (χ3n) is 4.01. The molecule has 2 unspecified atom stereocenters. The lowest BCUT2D eigenvalue weighted by Gasteiger charge is -2.39. The Labute approximate surface area is 97.7 Å². The first-order valence-corrected chi connectivity index (χ1v) is 6.36. The summed E-state index contributed by atoms with van der Waals surface area (Å²) in [5.41, 5.74) is 6.15. The minimum absolute atomic E-state index is 0.00452. The molecule has 0 aromatic carbocycles. The highest BCUT2D eigenvalue weighted by Crippen LogP contribution is 2.49. The number of ether oxygens (including phenoxy) is 1. The molecule has 0 radical (unpaired) electrons. The van der Waals surface area contributed by atoms with Crippen molar-refractivity contribution in [3.8, 4) is 0 Å². The minimum atomic E-state index is 0.00452. The monoisotopic (exact) mass is 228 g/mol. The fraction of sp³-hybridized carbons (Fsp3) is 1.00. The molecule has 2 atom stereocenters. The van der Waals surface area contributed by atoms with E-state index in [4.69, 9.17) is 15.6 Å². The smallest absolute Gasteiger partial charge is 0.0933 e. The van der Waals surface area contributed by atoms with Crippen LogP contribution in [-0.4, -0.2) is 55.0 Å². The van der Waals surface area contributed by atoms with Crippen LogP contribution in [0.1, 0.15) is 26.2 Å². The van der Waals surface area contributed by atoms with Crippen LogP contribution in [-0.2, 0) is 4.74 Å². The number of hydrogen-bond donors (Lipinski definition) is 2. The second-order valence-corrected chi connectivity index (χ2v) is 5.46. The Bertz CT molecular complexity index is 231. The molecule has 1 aliphatic carbocycles. The van der Waals surface area contributed by atoms with Gasteiger partial charge in [-0.15, -0.1) is 0 Å². The van der Waals surface area contributed by atoms with Gasteiger partial charge < -0.3 is 15.6 Å². The van der Waals surface area contributed by atoms with Gasteiger partial charge in [-0.3, -0.25) is 4.90 Å². The molecule has 0 spiro atoms. The molecule has 3 N–H and O–H groups in total. The number of morpholine rings is 1. The second kappa shape index (κ2) is 5.00. The quantitative estimate of drug-likeness (QED) is 0.705. The third kappa shape index (κ3) is 2.74. The minimum Gasteiger partial charge on any atom is -0.394 e. The Morgan fingerprint density at radius 3 is 2.81 bits per heavy atom. The summed E-state index contributed by atoms with van der Waals surface area (Å²) in [6, 6.07) is 0.470. The summed E-state index contributed by atoms with van der Waals surface area (Å²) >= 11 is 0. The maximum absolute atomic E-state index is 9.14. The van der Waals surface area contributed by atoms with Crippen molar-refractivity contribution in [1.82, 2.24) is 4.90 Å². The summed E-state index contributed by atoms with van der Waals surface area (Å²) < 4.78 is 5.55. The van der Waals surface area contributed by atoms with Gasteiger partial charge in [0.25, 0.3) is 0 Å². The van der Waals surface area contributed by atoms with Gasteiger partial charge in [0, 0.05) is 19.1 Å². The zero-order valence-corrected chi connectivity index (χ0v) is 10.2. The lowest BCUT2D eigenvalue weighted by Crippen LogP contribution is -2.51. The van der Waals surface area contributed by atoms with Gasteiger partial charge in [-0.05, 0) is 38.1 Å². The van der Waals surface area contributed by atoms with Gasteiger partial charge in [0.15, 0.2) is 0 Å². The van der Waals surface area contributed by atoms with Crippen molar-refractivity contribution in [1.29, 1.82) is 0 Å². The van der Waals surface area contributed by atoms with Gasteiger partial charge in [-0.1, -0.05) is 0 Å². The highest BCUT2D eigenvalue weighted by molar-refractivity contribution is 4.97. The second-order valence-electron chi connectivity index (χ2n) is 5.46. The summed E-state index contributed by atoms with van der Waals surface area (Å²) in [6.45, 7) is 5.86. The van der Waals surface area contributed by atoms with E-state index in [9.17, 15) is 0 Å². The highest BCUT2D eigenvalue weighted by Gasteiger charge is 2.44. The van der Waals surface area contributed by atoms with Gasteiger partial charge in [-0.25, -0.2) is 0 Å². The summed E-state index contributed by atoms with van der Waals surface area (Å²) in [5.74, 6) is 0. The molecular weight excluding hydrogens is 204 g/mol. The van der Waals surface area contributed by atoms with E-state index in [-0.39, 0.29) is 12.7 Å². The third-order valence-corrected chi connectivity index (χ3v) is 4.01. The number of nitrogens with two attached hydrogens (primary N) is 1. The summed E-state index contributed by atoms with van der Waals surface area (Å²) in [7, 11) is 0. The molecule has 4 heteroatoms. The maximum atomic E-state index is 9.14. The van der Waals surface area contributed by atoms with E-state index in [1.165, 1.54) is 12.8 Å². The standard InChI is InChI=1S/C12H24N2O2/c1-10-8-16-11(7-15)6-14(10)9-12(2-3-12)4-5-13/h10-11,15H,2-9,13H2,1H3. The summed E-state index contributed by atoms with van der Waals surface area (Å²) in [4.78, 5) is 2.47. The molecule has 1 saturated heterocycles. The van der Waals surface area contributed by atoms with E-state index >= 15 is 0 Å². The summed E-state index contributed by atoms with van der Waals surface area (Å²) in [6.07, 6.45) is 3.78. The van der Waals surface area contributed by atoms with Crippen molar-refractivity contribution in [2.75, 3.05) is 32.8 Å². The van der Waals surface area contributed by atoms with Crippen LogP contribution in [0, 0.1) is 5.41 Å². The van der Waals surface area contributed by atoms with Crippen LogP contribution < -0.4 is 5.73 Å². The van der Waals surface area contributed by atoms with Crippen LogP contribution in [0.25, 0.3) is 0 Å². The zero-order chi connectivity index (χ0) is 11.6. The Kier molecular flexibility index (Phi) is 3.85. The van der Waals surface area contributed by atoms with Gasteiger partial charge in [0.2, 0.25) is 0 Å². The van der Waals surface area contributed by atoms with Crippen LogP contribution in [0.3, 0.4) is 0 Å². The SMILES string of the molecule is CC1COC(CO)CN1CC1(CCN)CC1. The van der Waals surface area contributed by atoms with E-state index in [0.29, 0.717) is 11.5 Å². The van der Waals surface area contributed by atoms with Crippen LogP contribution in [0.5, 0.6) is 0 Å². The molecule has 1 aliphatic heterocycles. The van der Waals surface area contributed by atoms with Gasteiger partial charge in [0.05, 0.1) is 19.3 Å². The average molecular weight is 228 g/mol. The molecule has 2 rings (SSSR count). The van der Waals surface area contributed by atoms with Crippen molar-refractivity contribution < 1.29 is 9.84 Å². The van der Waals surface area contributed by atoms with Crippen molar-refractivity contribution >= 4 is 0 Å². The van der Waals surface area contributed by atoms with Crippen molar-refractivity contribution in [2.24, 2.45) is 11.1 Å². The lowest BCUT2D eigenvalue weighted by molar-refractivity contribution is -0.0829. The zero-order valence-electron chi connectivity index (χ0n) is 10.2. The Morgan fingerprint density at radius 2 is 2.25 bits per heavy atom. The van der Waals surface area contributed by atoms with Crippen molar-refractivity contribution in [3.05, 3.63) is 0 Å². The van der Waals surface area contributed by atoms with E-state index in [0.717, 1.165) is 32.7 Å². The molecular formula is C12H24N2O2. The van der Waals surface area contributed by atoms with Gasteiger partial charge in [0.1, 0.15) is 0 Å². The number of hydrogen-bond acceptors (Lipinski definition) is 4. The topological polar surface area (TPSA) is 58.7 Å². The Hall–Kier alpha value is -0.160. The number of nitrogens with zero attached hydrogens (tertiary/aromatic N) is 1. The van der Waals surface area contributed by atoms with Crippen LogP contribution in [0.15, 0.2) is 0 Å². The molecule has 2 fully saturated rings. The largest absolute Gasteiger partial charge is 0.394 e. The average Bonchev–Trinajstić information content (AvgIpc) is 3.02. The van der Waals surface area contributed by atoms with Crippen LogP contribution >= 0.6 is 0 Å². The first kappa shape index (κ1) is 12.3. The number of aliphatic hydroxyl groups excluding tert-OH is 1. The number of aliphatic hydroxyl groups is 1. The van der Waals surface area contributed by atoms with Crippen molar-refractivity contribution in [2.45, 2.75) is 38.3 Å². The first-order chi connectivity index (χ1) is 7.69. The van der Waals surface area contributed by atoms with E-state index in [2.05, 4.69) is 11.8 Å². The van der Waals surface area contributed by atoms with Crippen LogP contribution in [0.4, 0.5) is 0 Å². The van der Waals surface area contributed by atoms with E-state index in [1.54, 1.807) is 0 Å². The number of rotatable bonds is 5.